The first-order valence-corrected chi connectivity index (χ1v) is 10.0. The Morgan fingerprint density at radius 3 is 1.41 bits per heavy atom. The van der Waals surface area contributed by atoms with E-state index in [4.69, 9.17) is 5.73 Å². The van der Waals surface area contributed by atoms with Crippen molar-refractivity contribution in [3.05, 3.63) is 0 Å². The molecule has 0 aliphatic rings. The lowest BCUT2D eigenvalue weighted by molar-refractivity contribution is -0.122. The summed E-state index contributed by atoms with van der Waals surface area (Å²) in [6.45, 7) is 4.40. The molecule has 0 radical (unpaired) electrons. The second kappa shape index (κ2) is 16.8. The van der Waals surface area contributed by atoms with Crippen LogP contribution in [0, 0.1) is 5.92 Å². The topological polar surface area (TPSA) is 43.1 Å². The van der Waals surface area contributed by atoms with E-state index in [2.05, 4.69) is 13.8 Å². The lowest BCUT2D eigenvalue weighted by Gasteiger charge is -2.11. The molecule has 1 amide bonds. The number of primary amides is 1. The molecule has 0 aliphatic carbocycles. The zero-order valence-electron chi connectivity index (χ0n) is 15.4. The third-order valence-corrected chi connectivity index (χ3v) is 4.70. The van der Waals surface area contributed by atoms with E-state index in [1.54, 1.807) is 0 Å². The van der Waals surface area contributed by atoms with Crippen LogP contribution in [0.1, 0.15) is 117 Å². The highest BCUT2D eigenvalue weighted by atomic mass is 16.1. The van der Waals surface area contributed by atoms with E-state index < -0.39 is 0 Å². The van der Waals surface area contributed by atoms with Gasteiger partial charge in [0, 0.05) is 5.92 Å². The number of unbranched alkanes of at least 4 members (excludes halogenated alkanes) is 12. The number of carbonyl (C=O) groups is 1. The molecule has 0 aromatic heterocycles. The van der Waals surface area contributed by atoms with Gasteiger partial charge in [-0.15, -0.1) is 0 Å². The molecule has 0 aliphatic heterocycles. The van der Waals surface area contributed by atoms with Crippen molar-refractivity contribution in [2.75, 3.05) is 0 Å². The van der Waals surface area contributed by atoms with Gasteiger partial charge in [0.1, 0.15) is 0 Å². The summed E-state index contributed by atoms with van der Waals surface area (Å²) in [6.07, 6.45) is 20.9. The van der Waals surface area contributed by atoms with Crippen molar-refractivity contribution in [1.29, 1.82) is 0 Å². The van der Waals surface area contributed by atoms with Gasteiger partial charge in [0.25, 0.3) is 0 Å². The average molecular weight is 312 g/mol. The Labute approximate surface area is 139 Å². The normalized spacial score (nSPS) is 12.5. The third kappa shape index (κ3) is 14.4. The first-order chi connectivity index (χ1) is 10.7. The lowest BCUT2D eigenvalue weighted by Crippen LogP contribution is -2.23. The van der Waals surface area contributed by atoms with Crippen LogP contribution < -0.4 is 5.73 Å². The summed E-state index contributed by atoms with van der Waals surface area (Å²) < 4.78 is 0. The van der Waals surface area contributed by atoms with Gasteiger partial charge < -0.3 is 5.73 Å². The molecule has 1 atom stereocenters. The summed E-state index contributed by atoms with van der Waals surface area (Å²) in [7, 11) is 0. The van der Waals surface area contributed by atoms with Crippen molar-refractivity contribution in [2.45, 2.75) is 117 Å². The minimum Gasteiger partial charge on any atom is -0.369 e. The van der Waals surface area contributed by atoms with E-state index in [1.165, 1.54) is 83.5 Å². The molecule has 0 aromatic carbocycles. The molecule has 0 heterocycles. The van der Waals surface area contributed by atoms with Crippen molar-refractivity contribution in [3.8, 4) is 0 Å². The summed E-state index contributed by atoms with van der Waals surface area (Å²) in [5, 5.41) is 0. The maximum Gasteiger partial charge on any atom is 0.220 e. The van der Waals surface area contributed by atoms with Gasteiger partial charge in [0.05, 0.1) is 0 Å². The van der Waals surface area contributed by atoms with E-state index in [9.17, 15) is 4.79 Å². The molecule has 2 N–H and O–H groups in total. The van der Waals surface area contributed by atoms with Crippen LogP contribution in [0.4, 0.5) is 0 Å². The second-order valence-corrected chi connectivity index (χ2v) is 6.92. The number of hydrogen-bond acceptors (Lipinski definition) is 1. The summed E-state index contributed by atoms with van der Waals surface area (Å²) in [5.74, 6) is 0.0264. The number of hydrogen-bond donors (Lipinski definition) is 1. The predicted octanol–water partition coefficient (Wildman–Crippen LogP) is 6.37. The van der Waals surface area contributed by atoms with Gasteiger partial charge in [-0.05, 0) is 12.8 Å². The van der Waals surface area contributed by atoms with Gasteiger partial charge in [-0.1, -0.05) is 104 Å². The van der Waals surface area contributed by atoms with E-state index in [-0.39, 0.29) is 11.8 Å². The van der Waals surface area contributed by atoms with Gasteiger partial charge in [0.2, 0.25) is 5.91 Å². The van der Waals surface area contributed by atoms with Crippen molar-refractivity contribution in [2.24, 2.45) is 11.7 Å². The van der Waals surface area contributed by atoms with Crippen LogP contribution >= 0.6 is 0 Å². The minimum atomic E-state index is -0.0965. The number of rotatable bonds is 17. The molecule has 0 aromatic rings. The van der Waals surface area contributed by atoms with Crippen molar-refractivity contribution >= 4 is 5.91 Å². The highest BCUT2D eigenvalue weighted by molar-refractivity contribution is 5.76. The van der Waals surface area contributed by atoms with Gasteiger partial charge in [-0.25, -0.2) is 0 Å². The fourth-order valence-corrected chi connectivity index (χ4v) is 3.19. The van der Waals surface area contributed by atoms with Crippen LogP contribution in [-0.4, -0.2) is 5.91 Å². The third-order valence-electron chi connectivity index (χ3n) is 4.70. The highest BCUT2D eigenvalue weighted by Crippen LogP contribution is 2.17. The van der Waals surface area contributed by atoms with Gasteiger partial charge in [-0.3, -0.25) is 4.79 Å². The Kier molecular flexibility index (Phi) is 16.4. The van der Waals surface area contributed by atoms with Crippen molar-refractivity contribution in [3.63, 3.8) is 0 Å². The molecular formula is C20H41NO. The molecule has 132 valence electrons. The first kappa shape index (κ1) is 21.5. The van der Waals surface area contributed by atoms with E-state index in [0.717, 1.165) is 19.3 Å². The Morgan fingerprint density at radius 1 is 0.636 bits per heavy atom. The van der Waals surface area contributed by atoms with E-state index >= 15 is 0 Å². The fourth-order valence-electron chi connectivity index (χ4n) is 3.19. The van der Waals surface area contributed by atoms with E-state index in [1.807, 2.05) is 0 Å². The maximum absolute atomic E-state index is 11.3. The van der Waals surface area contributed by atoms with Crippen LogP contribution in [0.15, 0.2) is 0 Å². The van der Waals surface area contributed by atoms with Crippen LogP contribution in [-0.2, 0) is 4.79 Å². The summed E-state index contributed by atoms with van der Waals surface area (Å²) in [6, 6.07) is 0. The second-order valence-electron chi connectivity index (χ2n) is 6.92. The Hall–Kier alpha value is -0.530. The van der Waals surface area contributed by atoms with Crippen LogP contribution in [0.3, 0.4) is 0 Å². The molecule has 0 bridgehead atoms. The molecule has 0 rings (SSSR count). The van der Waals surface area contributed by atoms with Crippen LogP contribution in [0.2, 0.25) is 0 Å². The number of nitrogens with two attached hydrogens (primary N) is 1. The van der Waals surface area contributed by atoms with Gasteiger partial charge >= 0.3 is 0 Å². The molecule has 22 heavy (non-hydrogen) atoms. The molecule has 2 nitrogen and oxygen atoms in total. The van der Waals surface area contributed by atoms with Crippen LogP contribution in [0.25, 0.3) is 0 Å². The molecule has 0 fully saturated rings. The summed E-state index contributed by atoms with van der Waals surface area (Å²) in [4.78, 5) is 11.3. The van der Waals surface area contributed by atoms with Crippen molar-refractivity contribution < 1.29 is 4.79 Å². The maximum atomic E-state index is 11.3. The van der Waals surface area contributed by atoms with E-state index in [0.29, 0.717) is 0 Å². The SMILES string of the molecule is CCCCCCCCCCCCCCCC(CCC)C(N)=O. The zero-order chi connectivity index (χ0) is 16.5. The number of carbonyl (C=O) groups excluding carboxylic acids is 1. The molecule has 0 saturated carbocycles. The largest absolute Gasteiger partial charge is 0.369 e. The quantitative estimate of drug-likeness (QED) is 0.312. The van der Waals surface area contributed by atoms with Gasteiger partial charge in [-0.2, -0.15) is 0 Å². The number of amides is 1. The Bertz CT molecular complexity index is 240. The molecule has 2 heteroatoms. The standard InChI is InChI=1S/C20H41NO/c1-3-5-6-7-8-9-10-11-12-13-14-15-16-18-19(17-4-2)20(21)22/h19H,3-18H2,1-2H3,(H2,21,22). The van der Waals surface area contributed by atoms with Crippen molar-refractivity contribution in [1.82, 2.24) is 0 Å². The fraction of sp³-hybridized carbons (Fsp3) is 0.950. The monoisotopic (exact) mass is 311 g/mol. The summed E-state index contributed by atoms with van der Waals surface area (Å²) in [5.41, 5.74) is 5.43. The Morgan fingerprint density at radius 2 is 1.05 bits per heavy atom. The first-order valence-electron chi connectivity index (χ1n) is 10.0. The predicted molar refractivity (Wildman–Crippen MR) is 97.9 cm³/mol. The lowest BCUT2D eigenvalue weighted by atomic mass is 9.95. The Balaban J connectivity index is 3.21. The molecule has 1 unspecified atom stereocenters. The summed E-state index contributed by atoms with van der Waals surface area (Å²) >= 11 is 0. The van der Waals surface area contributed by atoms with Gasteiger partial charge in [0.15, 0.2) is 0 Å². The molecular weight excluding hydrogens is 270 g/mol. The van der Waals surface area contributed by atoms with Crippen LogP contribution in [0.5, 0.6) is 0 Å². The zero-order valence-corrected chi connectivity index (χ0v) is 15.4. The minimum absolute atomic E-state index is 0.0965. The molecule has 0 spiro atoms. The smallest absolute Gasteiger partial charge is 0.220 e. The highest BCUT2D eigenvalue weighted by Gasteiger charge is 2.12. The average Bonchev–Trinajstić information content (AvgIpc) is 2.50. The molecule has 0 saturated heterocycles.